The number of halogens is 2. The first-order valence-corrected chi connectivity index (χ1v) is 6.63. The van der Waals surface area contributed by atoms with Crippen molar-refractivity contribution in [2.45, 2.75) is 13.8 Å². The van der Waals surface area contributed by atoms with Gasteiger partial charge in [0.15, 0.2) is 5.82 Å². The number of aromatic nitrogens is 2. The highest BCUT2D eigenvalue weighted by atomic mass is 35.5. The van der Waals surface area contributed by atoms with Gasteiger partial charge in [-0.2, -0.15) is 0 Å². The van der Waals surface area contributed by atoms with Gasteiger partial charge in [-0.3, -0.25) is 0 Å². The predicted octanol–water partition coefficient (Wildman–Crippen LogP) is 4.71. The van der Waals surface area contributed by atoms with E-state index in [0.717, 1.165) is 16.5 Å². The average molecular weight is 287 g/mol. The van der Waals surface area contributed by atoms with Gasteiger partial charge in [-0.25, -0.2) is 14.4 Å². The summed E-state index contributed by atoms with van der Waals surface area (Å²) < 4.78 is 13.6. The zero-order chi connectivity index (χ0) is 14.3. The Morgan fingerprint density at radius 1 is 1.00 bits per heavy atom. The van der Waals surface area contributed by atoms with Gasteiger partial charge in [0.25, 0.3) is 0 Å². The summed E-state index contributed by atoms with van der Waals surface area (Å²) in [6, 6.07) is 10.7. The second-order valence-electron chi connectivity index (χ2n) is 4.82. The smallest absolute Gasteiger partial charge is 0.161 e. The molecule has 0 saturated heterocycles. The standard InChI is InChI=1S/C16H12ClFN2/c1-9-3-6-14-12(7-9)15(17)20-16(19-14)11-5-4-10(2)13(18)8-11/h3-8H,1-2H3. The third-order valence-electron chi connectivity index (χ3n) is 3.23. The van der Waals surface area contributed by atoms with Crippen LogP contribution in [0.25, 0.3) is 22.3 Å². The van der Waals surface area contributed by atoms with Crippen molar-refractivity contribution in [2.75, 3.05) is 0 Å². The van der Waals surface area contributed by atoms with Crippen LogP contribution in [-0.4, -0.2) is 9.97 Å². The zero-order valence-corrected chi connectivity index (χ0v) is 11.9. The van der Waals surface area contributed by atoms with Gasteiger partial charge in [0.05, 0.1) is 5.52 Å². The first kappa shape index (κ1) is 13.0. The molecule has 0 bridgehead atoms. The van der Waals surface area contributed by atoms with Gasteiger partial charge in [-0.1, -0.05) is 35.4 Å². The molecule has 0 saturated carbocycles. The van der Waals surface area contributed by atoms with Crippen molar-refractivity contribution in [3.05, 3.63) is 58.5 Å². The molecule has 4 heteroatoms. The molecule has 20 heavy (non-hydrogen) atoms. The monoisotopic (exact) mass is 286 g/mol. The van der Waals surface area contributed by atoms with Crippen LogP contribution >= 0.6 is 11.6 Å². The highest BCUT2D eigenvalue weighted by molar-refractivity contribution is 6.34. The van der Waals surface area contributed by atoms with E-state index in [1.165, 1.54) is 6.07 Å². The van der Waals surface area contributed by atoms with Crippen LogP contribution in [-0.2, 0) is 0 Å². The van der Waals surface area contributed by atoms with Gasteiger partial charge in [-0.15, -0.1) is 0 Å². The van der Waals surface area contributed by atoms with Crippen molar-refractivity contribution < 1.29 is 4.39 Å². The van der Waals surface area contributed by atoms with Crippen molar-refractivity contribution in [2.24, 2.45) is 0 Å². The van der Waals surface area contributed by atoms with Crippen LogP contribution in [0, 0.1) is 19.7 Å². The Bertz CT molecular complexity index is 815. The Labute approximate surface area is 121 Å². The lowest BCUT2D eigenvalue weighted by molar-refractivity contribution is 0.619. The van der Waals surface area contributed by atoms with Crippen LogP contribution in [0.3, 0.4) is 0 Å². The molecule has 0 unspecified atom stereocenters. The van der Waals surface area contributed by atoms with Gasteiger partial charge in [-0.05, 0) is 37.6 Å². The highest BCUT2D eigenvalue weighted by Gasteiger charge is 2.09. The predicted molar refractivity (Wildman–Crippen MR) is 79.4 cm³/mol. The van der Waals surface area contributed by atoms with E-state index in [9.17, 15) is 4.39 Å². The number of hydrogen-bond donors (Lipinski definition) is 0. The van der Waals surface area contributed by atoms with Crippen molar-refractivity contribution in [1.29, 1.82) is 0 Å². The molecule has 1 aromatic heterocycles. The lowest BCUT2D eigenvalue weighted by Gasteiger charge is -2.06. The molecule has 0 aliphatic carbocycles. The maximum atomic E-state index is 13.6. The largest absolute Gasteiger partial charge is 0.228 e. The van der Waals surface area contributed by atoms with E-state index in [1.807, 2.05) is 25.1 Å². The molecule has 2 aromatic carbocycles. The summed E-state index contributed by atoms with van der Waals surface area (Å²) in [5.74, 6) is 0.163. The minimum absolute atomic E-state index is 0.272. The number of benzene rings is 2. The maximum Gasteiger partial charge on any atom is 0.161 e. The van der Waals surface area contributed by atoms with Crippen LogP contribution < -0.4 is 0 Å². The van der Waals surface area contributed by atoms with E-state index in [0.29, 0.717) is 22.1 Å². The molecule has 0 fully saturated rings. The summed E-state index contributed by atoms with van der Waals surface area (Å²) in [6.45, 7) is 3.70. The van der Waals surface area contributed by atoms with Crippen LogP contribution in [0.2, 0.25) is 5.15 Å². The summed E-state index contributed by atoms with van der Waals surface area (Å²) in [7, 11) is 0. The lowest BCUT2D eigenvalue weighted by atomic mass is 10.1. The summed E-state index contributed by atoms with van der Waals surface area (Å²) in [6.07, 6.45) is 0. The van der Waals surface area contributed by atoms with Crippen LogP contribution in [0.5, 0.6) is 0 Å². The molecule has 0 aliphatic rings. The van der Waals surface area contributed by atoms with Gasteiger partial charge in [0.1, 0.15) is 11.0 Å². The first-order chi connectivity index (χ1) is 9.54. The fraction of sp³-hybridized carbons (Fsp3) is 0.125. The van der Waals surface area contributed by atoms with E-state index in [4.69, 9.17) is 11.6 Å². The Balaban J connectivity index is 2.21. The average Bonchev–Trinajstić information content (AvgIpc) is 2.42. The molecule has 1 heterocycles. The molecular weight excluding hydrogens is 275 g/mol. The van der Waals surface area contributed by atoms with Crippen molar-refractivity contribution in [3.63, 3.8) is 0 Å². The fourth-order valence-corrected chi connectivity index (χ4v) is 2.30. The lowest BCUT2D eigenvalue weighted by Crippen LogP contribution is -1.93. The molecule has 2 nitrogen and oxygen atoms in total. The number of hydrogen-bond acceptors (Lipinski definition) is 2. The van der Waals surface area contributed by atoms with Gasteiger partial charge >= 0.3 is 0 Å². The topological polar surface area (TPSA) is 25.8 Å². The van der Waals surface area contributed by atoms with Crippen molar-refractivity contribution >= 4 is 22.5 Å². The third-order valence-corrected chi connectivity index (χ3v) is 3.52. The van der Waals surface area contributed by atoms with E-state index in [-0.39, 0.29) is 5.82 Å². The number of rotatable bonds is 1. The summed E-state index contributed by atoms with van der Waals surface area (Å²) >= 11 is 6.21. The molecular formula is C16H12ClFN2. The Kier molecular flexibility index (Phi) is 3.14. The molecule has 0 N–H and O–H groups in total. The normalized spacial score (nSPS) is 11.0. The molecule has 0 radical (unpaired) electrons. The molecule has 3 aromatic rings. The number of aryl methyl sites for hydroxylation is 2. The Hall–Kier alpha value is -2.00. The summed E-state index contributed by atoms with van der Waals surface area (Å²) in [5, 5.41) is 1.19. The van der Waals surface area contributed by atoms with E-state index >= 15 is 0 Å². The third kappa shape index (κ3) is 2.25. The Morgan fingerprint density at radius 3 is 2.55 bits per heavy atom. The van der Waals surface area contributed by atoms with Crippen LogP contribution in [0.15, 0.2) is 36.4 Å². The SMILES string of the molecule is Cc1ccc2nc(-c3ccc(C)c(F)c3)nc(Cl)c2c1. The van der Waals surface area contributed by atoms with E-state index in [1.54, 1.807) is 19.1 Å². The van der Waals surface area contributed by atoms with Gasteiger partial charge < -0.3 is 0 Å². The minimum Gasteiger partial charge on any atom is -0.228 e. The maximum absolute atomic E-state index is 13.6. The molecule has 0 atom stereocenters. The van der Waals surface area contributed by atoms with Crippen molar-refractivity contribution in [1.82, 2.24) is 9.97 Å². The second-order valence-corrected chi connectivity index (χ2v) is 5.18. The summed E-state index contributed by atoms with van der Waals surface area (Å²) in [4.78, 5) is 8.73. The Morgan fingerprint density at radius 2 is 1.80 bits per heavy atom. The molecule has 0 aliphatic heterocycles. The zero-order valence-electron chi connectivity index (χ0n) is 11.1. The van der Waals surface area contributed by atoms with Gasteiger partial charge in [0, 0.05) is 10.9 Å². The molecule has 0 amide bonds. The van der Waals surface area contributed by atoms with E-state index in [2.05, 4.69) is 9.97 Å². The number of nitrogens with zero attached hydrogens (tertiary/aromatic N) is 2. The molecule has 3 rings (SSSR count). The molecule has 0 spiro atoms. The minimum atomic E-state index is -0.272. The second kappa shape index (κ2) is 4.84. The summed E-state index contributed by atoms with van der Waals surface area (Å²) in [5.41, 5.74) is 3.07. The van der Waals surface area contributed by atoms with Crippen molar-refractivity contribution in [3.8, 4) is 11.4 Å². The van der Waals surface area contributed by atoms with Crippen LogP contribution in [0.1, 0.15) is 11.1 Å². The molecule has 100 valence electrons. The fourth-order valence-electron chi connectivity index (χ4n) is 2.07. The highest BCUT2D eigenvalue weighted by Crippen LogP contribution is 2.26. The number of fused-ring (bicyclic) bond motifs is 1. The van der Waals surface area contributed by atoms with E-state index < -0.39 is 0 Å². The quantitative estimate of drug-likeness (QED) is 0.606. The van der Waals surface area contributed by atoms with Crippen LogP contribution in [0.4, 0.5) is 4.39 Å². The first-order valence-electron chi connectivity index (χ1n) is 6.25. The van der Waals surface area contributed by atoms with Gasteiger partial charge in [0.2, 0.25) is 0 Å².